The molecule has 0 aliphatic heterocycles. The number of amides is 2. The summed E-state index contributed by atoms with van der Waals surface area (Å²) in [6, 6.07) is 9.27. The Morgan fingerprint density at radius 1 is 1.29 bits per heavy atom. The first-order valence-electron chi connectivity index (χ1n) is 10.5. The average molecular weight is 499 g/mol. The molecule has 182 valence electrons. The number of hydrogen-bond acceptors (Lipinski definition) is 7. The summed E-state index contributed by atoms with van der Waals surface area (Å²) in [6.07, 6.45) is 1.62. The number of halogens is 1. The van der Waals surface area contributed by atoms with Gasteiger partial charge in [0.1, 0.15) is 5.82 Å². The fraction of sp³-hybridized carbons (Fsp3) is 0.217. The van der Waals surface area contributed by atoms with Crippen LogP contribution in [0, 0.1) is 22.9 Å². The number of carbonyl (C=O) groups is 2. The molecule has 1 aromatic heterocycles. The van der Waals surface area contributed by atoms with Gasteiger partial charge in [0.15, 0.2) is 11.0 Å². The van der Waals surface area contributed by atoms with Crippen molar-refractivity contribution < 1.29 is 18.9 Å². The highest BCUT2D eigenvalue weighted by Crippen LogP contribution is 2.24. The highest BCUT2D eigenvalue weighted by Gasteiger charge is 2.22. The van der Waals surface area contributed by atoms with Gasteiger partial charge in [-0.25, -0.2) is 4.39 Å². The number of allylic oxidation sites excluding steroid dienone is 1. The second kappa shape index (κ2) is 11.4. The van der Waals surface area contributed by atoms with E-state index in [9.17, 15) is 24.1 Å². The van der Waals surface area contributed by atoms with Crippen LogP contribution in [0.15, 0.2) is 60.3 Å². The summed E-state index contributed by atoms with van der Waals surface area (Å²) in [6.45, 7) is 7.46. The minimum Gasteiger partial charge on any atom is -0.342 e. The molecule has 1 unspecified atom stereocenters. The van der Waals surface area contributed by atoms with E-state index in [1.165, 1.54) is 30.3 Å². The summed E-state index contributed by atoms with van der Waals surface area (Å²) in [7, 11) is 0. The molecular weight excluding hydrogens is 475 g/mol. The fourth-order valence-electron chi connectivity index (χ4n) is 3.19. The Morgan fingerprint density at radius 2 is 2.03 bits per heavy atom. The maximum atomic E-state index is 13.9. The zero-order chi connectivity index (χ0) is 25.5. The second-order valence-electron chi connectivity index (χ2n) is 7.51. The first-order chi connectivity index (χ1) is 16.7. The quantitative estimate of drug-likeness (QED) is 0.187. The van der Waals surface area contributed by atoms with E-state index in [4.69, 9.17) is 0 Å². The number of carbonyl (C=O) groups excluding carboxylic acids is 2. The van der Waals surface area contributed by atoms with Crippen molar-refractivity contribution in [3.8, 4) is 0 Å². The predicted molar refractivity (Wildman–Crippen MR) is 130 cm³/mol. The Bertz CT molecular complexity index is 1280. The molecule has 0 fully saturated rings. The van der Waals surface area contributed by atoms with Crippen LogP contribution in [-0.4, -0.2) is 37.3 Å². The molecule has 0 saturated heterocycles. The number of nitrogens with one attached hydrogen (secondary N) is 2. The van der Waals surface area contributed by atoms with Crippen LogP contribution in [0.3, 0.4) is 0 Å². The Balaban J connectivity index is 1.69. The zero-order valence-electron chi connectivity index (χ0n) is 19.0. The van der Waals surface area contributed by atoms with Crippen molar-refractivity contribution in [2.75, 3.05) is 11.1 Å². The van der Waals surface area contributed by atoms with E-state index in [1.807, 2.05) is 0 Å². The number of thioether (sulfide) groups is 1. The van der Waals surface area contributed by atoms with Crippen molar-refractivity contribution in [3.05, 3.63) is 88.0 Å². The summed E-state index contributed by atoms with van der Waals surface area (Å²) in [5.41, 5.74) is 0.824. The molecule has 2 aromatic carbocycles. The highest BCUT2D eigenvalue weighted by atomic mass is 32.2. The predicted octanol–water partition coefficient (Wildman–Crippen LogP) is 4.04. The number of nitro groups is 1. The number of aryl methyl sites for hydroxylation is 1. The van der Waals surface area contributed by atoms with Crippen LogP contribution >= 0.6 is 11.8 Å². The molecule has 0 aliphatic carbocycles. The summed E-state index contributed by atoms with van der Waals surface area (Å²) in [5, 5.41) is 25.1. The molecule has 0 spiro atoms. The molecule has 2 amide bonds. The molecule has 0 saturated carbocycles. The van der Waals surface area contributed by atoms with Crippen molar-refractivity contribution in [2.24, 2.45) is 0 Å². The van der Waals surface area contributed by atoms with Gasteiger partial charge in [-0.1, -0.05) is 36.0 Å². The number of anilines is 1. The molecule has 12 heteroatoms. The second-order valence-corrected chi connectivity index (χ2v) is 8.45. The van der Waals surface area contributed by atoms with Gasteiger partial charge in [0.05, 0.1) is 28.0 Å². The van der Waals surface area contributed by atoms with E-state index >= 15 is 0 Å². The Labute approximate surface area is 204 Å². The zero-order valence-corrected chi connectivity index (χ0v) is 19.8. The van der Waals surface area contributed by atoms with E-state index in [0.717, 1.165) is 11.8 Å². The van der Waals surface area contributed by atoms with Gasteiger partial charge in [0, 0.05) is 18.7 Å². The molecule has 2 N–H and O–H groups in total. The minimum atomic E-state index is -0.633. The lowest BCUT2D eigenvalue weighted by atomic mass is 10.2. The SMILES string of the molecule is C=CCn1c(SCC(=O)Nc2cc([N+](=O)[O-])ccc2C)nnc1C(C)NC(=O)c1ccccc1F. The number of aromatic nitrogens is 3. The summed E-state index contributed by atoms with van der Waals surface area (Å²) < 4.78 is 15.6. The normalized spacial score (nSPS) is 11.5. The summed E-state index contributed by atoms with van der Waals surface area (Å²) in [4.78, 5) is 35.4. The van der Waals surface area contributed by atoms with E-state index < -0.39 is 22.7 Å². The third-order valence-corrected chi connectivity index (χ3v) is 5.92. The van der Waals surface area contributed by atoms with Gasteiger partial charge in [-0.3, -0.25) is 19.7 Å². The third-order valence-electron chi connectivity index (χ3n) is 4.95. The highest BCUT2D eigenvalue weighted by molar-refractivity contribution is 7.99. The van der Waals surface area contributed by atoms with Crippen LogP contribution < -0.4 is 10.6 Å². The molecule has 0 radical (unpaired) electrons. The number of nitro benzene ring substituents is 1. The molecule has 0 bridgehead atoms. The van der Waals surface area contributed by atoms with E-state index in [2.05, 4.69) is 27.4 Å². The van der Waals surface area contributed by atoms with Crippen LogP contribution in [0.5, 0.6) is 0 Å². The molecule has 35 heavy (non-hydrogen) atoms. The number of hydrogen-bond donors (Lipinski definition) is 2. The first-order valence-corrected chi connectivity index (χ1v) is 11.5. The van der Waals surface area contributed by atoms with Gasteiger partial charge >= 0.3 is 0 Å². The van der Waals surface area contributed by atoms with Crippen LogP contribution in [0.2, 0.25) is 0 Å². The maximum Gasteiger partial charge on any atom is 0.271 e. The molecule has 10 nitrogen and oxygen atoms in total. The lowest BCUT2D eigenvalue weighted by molar-refractivity contribution is -0.384. The molecular formula is C23H23FN6O4S. The Morgan fingerprint density at radius 3 is 2.71 bits per heavy atom. The van der Waals surface area contributed by atoms with Gasteiger partial charge in [0.25, 0.3) is 11.6 Å². The van der Waals surface area contributed by atoms with E-state index in [0.29, 0.717) is 28.8 Å². The van der Waals surface area contributed by atoms with Crippen molar-refractivity contribution in [1.29, 1.82) is 0 Å². The molecule has 1 atom stereocenters. The lowest BCUT2D eigenvalue weighted by Gasteiger charge is -2.15. The topological polar surface area (TPSA) is 132 Å². The van der Waals surface area contributed by atoms with Gasteiger partial charge in [-0.2, -0.15) is 0 Å². The summed E-state index contributed by atoms with van der Waals surface area (Å²) >= 11 is 1.11. The lowest BCUT2D eigenvalue weighted by Crippen LogP contribution is -2.29. The standard InChI is InChI=1S/C23H23FN6O4S/c1-4-11-29-21(15(3)25-22(32)17-7-5-6-8-18(17)24)27-28-23(29)35-13-20(31)26-19-12-16(30(33)34)10-9-14(19)2/h4-10,12,15H,1,11,13H2,2-3H3,(H,25,32)(H,26,31). The summed E-state index contributed by atoms with van der Waals surface area (Å²) in [5.74, 6) is -1.23. The van der Waals surface area contributed by atoms with Gasteiger partial charge in [-0.05, 0) is 31.5 Å². The number of nitrogens with zero attached hydrogens (tertiary/aromatic N) is 4. The monoisotopic (exact) mass is 498 g/mol. The number of benzene rings is 2. The van der Waals surface area contributed by atoms with Gasteiger partial charge in [-0.15, -0.1) is 16.8 Å². The fourth-order valence-corrected chi connectivity index (χ4v) is 3.94. The van der Waals surface area contributed by atoms with E-state index in [1.54, 1.807) is 36.6 Å². The van der Waals surface area contributed by atoms with Crippen LogP contribution in [0.1, 0.15) is 34.7 Å². The van der Waals surface area contributed by atoms with Crippen molar-refractivity contribution in [2.45, 2.75) is 31.6 Å². The van der Waals surface area contributed by atoms with Crippen LogP contribution in [-0.2, 0) is 11.3 Å². The largest absolute Gasteiger partial charge is 0.342 e. The van der Waals surface area contributed by atoms with Crippen molar-refractivity contribution in [1.82, 2.24) is 20.1 Å². The van der Waals surface area contributed by atoms with Crippen molar-refractivity contribution in [3.63, 3.8) is 0 Å². The molecule has 1 heterocycles. The first kappa shape index (κ1) is 25.6. The van der Waals surface area contributed by atoms with Crippen LogP contribution in [0.25, 0.3) is 0 Å². The maximum absolute atomic E-state index is 13.9. The molecule has 3 aromatic rings. The van der Waals surface area contributed by atoms with E-state index in [-0.39, 0.29) is 22.9 Å². The minimum absolute atomic E-state index is 0.0344. The smallest absolute Gasteiger partial charge is 0.271 e. The Hall–Kier alpha value is -4.06. The number of non-ortho nitro benzene ring substituents is 1. The average Bonchev–Trinajstić information content (AvgIpc) is 3.22. The Kier molecular flexibility index (Phi) is 8.31. The van der Waals surface area contributed by atoms with Gasteiger partial charge in [0.2, 0.25) is 5.91 Å². The van der Waals surface area contributed by atoms with Gasteiger partial charge < -0.3 is 15.2 Å². The molecule has 0 aliphatic rings. The number of rotatable bonds is 10. The third kappa shape index (κ3) is 6.29. The van der Waals surface area contributed by atoms with Crippen molar-refractivity contribution >= 4 is 35.0 Å². The molecule has 3 rings (SSSR count). The van der Waals surface area contributed by atoms with Crippen LogP contribution in [0.4, 0.5) is 15.8 Å².